The molecule has 74 valence electrons. The molecule has 1 aliphatic carbocycles. The third-order valence-electron chi connectivity index (χ3n) is 2.53. The number of ketones is 1. The molecule has 1 aromatic carbocycles. The molecule has 0 radical (unpaired) electrons. The first-order valence-corrected chi connectivity index (χ1v) is 4.98. The highest BCUT2D eigenvalue weighted by Crippen LogP contribution is 2.34. The molecule has 0 aromatic heterocycles. The number of halogens is 2. The number of hydrogen-bond acceptors (Lipinski definition) is 1. The van der Waals surface area contributed by atoms with Gasteiger partial charge in [-0.1, -0.05) is 11.6 Å². The lowest BCUT2D eigenvalue weighted by molar-refractivity contribution is 0.0963. The Kier molecular flexibility index (Phi) is 2.31. The summed E-state index contributed by atoms with van der Waals surface area (Å²) in [6.07, 6.45) is 1.78. The van der Waals surface area contributed by atoms with Crippen molar-refractivity contribution in [2.45, 2.75) is 19.8 Å². The van der Waals surface area contributed by atoms with E-state index in [0.717, 1.165) is 12.8 Å². The van der Waals surface area contributed by atoms with Gasteiger partial charge in [-0.25, -0.2) is 4.39 Å². The highest BCUT2D eigenvalue weighted by atomic mass is 35.5. The average molecular weight is 213 g/mol. The van der Waals surface area contributed by atoms with Gasteiger partial charge in [-0.3, -0.25) is 4.79 Å². The first kappa shape index (κ1) is 9.66. The zero-order chi connectivity index (χ0) is 10.3. The number of carbonyl (C=O) groups excluding carboxylic acids is 1. The van der Waals surface area contributed by atoms with Crippen LogP contribution in [0.1, 0.15) is 28.8 Å². The Hall–Kier alpha value is -0.890. The van der Waals surface area contributed by atoms with Gasteiger partial charge in [0.05, 0.1) is 5.56 Å². The SMILES string of the molecule is Cc1c(Cl)ccc(C(=O)C2CC2)c1F. The maximum atomic E-state index is 13.6. The van der Waals surface area contributed by atoms with Crippen molar-refractivity contribution >= 4 is 17.4 Å². The van der Waals surface area contributed by atoms with Crippen LogP contribution in [0.15, 0.2) is 12.1 Å². The fraction of sp³-hybridized carbons (Fsp3) is 0.364. The van der Waals surface area contributed by atoms with Crippen LogP contribution in [0.25, 0.3) is 0 Å². The van der Waals surface area contributed by atoms with Crippen molar-refractivity contribution in [1.29, 1.82) is 0 Å². The van der Waals surface area contributed by atoms with E-state index in [1.54, 1.807) is 13.0 Å². The molecule has 1 aromatic rings. The summed E-state index contributed by atoms with van der Waals surface area (Å²) in [7, 11) is 0. The van der Waals surface area contributed by atoms with Gasteiger partial charge < -0.3 is 0 Å². The van der Waals surface area contributed by atoms with Crippen molar-refractivity contribution in [3.05, 3.63) is 34.1 Å². The number of hydrogen-bond donors (Lipinski definition) is 0. The molecule has 0 unspecified atom stereocenters. The predicted octanol–water partition coefficient (Wildman–Crippen LogP) is 3.38. The molecule has 2 rings (SSSR count). The minimum absolute atomic E-state index is 0.0464. The third kappa shape index (κ3) is 1.55. The molecule has 0 aliphatic heterocycles. The molecule has 0 N–H and O–H groups in total. The smallest absolute Gasteiger partial charge is 0.168 e. The zero-order valence-electron chi connectivity index (χ0n) is 7.81. The second-order valence-electron chi connectivity index (χ2n) is 3.67. The minimum atomic E-state index is -0.464. The Labute approximate surface area is 86.9 Å². The number of carbonyl (C=O) groups is 1. The van der Waals surface area contributed by atoms with Gasteiger partial charge >= 0.3 is 0 Å². The monoisotopic (exact) mass is 212 g/mol. The standard InChI is InChI=1S/C11H10ClFO/c1-6-9(12)5-4-8(10(6)13)11(14)7-2-3-7/h4-5,7H,2-3H2,1H3. The Morgan fingerprint density at radius 3 is 2.71 bits per heavy atom. The summed E-state index contributed by atoms with van der Waals surface area (Å²) >= 11 is 5.73. The predicted molar refractivity (Wildman–Crippen MR) is 53.2 cm³/mol. The van der Waals surface area contributed by atoms with Crippen molar-refractivity contribution < 1.29 is 9.18 Å². The number of Topliss-reactive ketones (excluding diaryl/α,β-unsaturated/α-hetero) is 1. The quantitative estimate of drug-likeness (QED) is 0.687. The summed E-state index contributed by atoms with van der Waals surface area (Å²) in [5.74, 6) is -0.498. The van der Waals surface area contributed by atoms with Crippen LogP contribution < -0.4 is 0 Å². The van der Waals surface area contributed by atoms with Crippen LogP contribution in [-0.4, -0.2) is 5.78 Å². The fourth-order valence-electron chi connectivity index (χ4n) is 1.42. The topological polar surface area (TPSA) is 17.1 Å². The highest BCUT2D eigenvalue weighted by molar-refractivity contribution is 6.31. The van der Waals surface area contributed by atoms with Crippen molar-refractivity contribution in [3.63, 3.8) is 0 Å². The molecule has 0 bridgehead atoms. The van der Waals surface area contributed by atoms with Crippen LogP contribution in [0, 0.1) is 18.7 Å². The van der Waals surface area contributed by atoms with E-state index in [1.165, 1.54) is 6.07 Å². The van der Waals surface area contributed by atoms with Crippen LogP contribution in [0.2, 0.25) is 5.02 Å². The maximum absolute atomic E-state index is 13.6. The van der Waals surface area contributed by atoms with Crippen LogP contribution in [0.3, 0.4) is 0 Å². The average Bonchev–Trinajstić information content (AvgIpc) is 2.97. The summed E-state index contributed by atoms with van der Waals surface area (Å²) in [5, 5.41) is 0.370. The lowest BCUT2D eigenvalue weighted by Gasteiger charge is -2.05. The zero-order valence-corrected chi connectivity index (χ0v) is 8.57. The molecule has 0 atom stereocenters. The van der Waals surface area contributed by atoms with E-state index in [2.05, 4.69) is 0 Å². The fourth-order valence-corrected chi connectivity index (χ4v) is 1.56. The Morgan fingerprint density at radius 2 is 2.14 bits per heavy atom. The van der Waals surface area contributed by atoms with Crippen LogP contribution in [-0.2, 0) is 0 Å². The van der Waals surface area contributed by atoms with E-state index >= 15 is 0 Å². The summed E-state index contributed by atoms with van der Waals surface area (Å²) < 4.78 is 13.6. The van der Waals surface area contributed by atoms with Crippen molar-refractivity contribution in [3.8, 4) is 0 Å². The first-order chi connectivity index (χ1) is 6.61. The van der Waals surface area contributed by atoms with E-state index < -0.39 is 5.82 Å². The van der Waals surface area contributed by atoms with Crippen molar-refractivity contribution in [2.75, 3.05) is 0 Å². The molecule has 0 heterocycles. The molecule has 3 heteroatoms. The summed E-state index contributed by atoms with van der Waals surface area (Å²) in [5.41, 5.74) is 0.549. The van der Waals surface area contributed by atoms with Gasteiger partial charge in [0.15, 0.2) is 5.78 Å². The number of benzene rings is 1. The van der Waals surface area contributed by atoms with Crippen LogP contribution in [0.5, 0.6) is 0 Å². The second kappa shape index (κ2) is 3.35. The van der Waals surface area contributed by atoms with E-state index in [0.29, 0.717) is 10.6 Å². The molecule has 1 nitrogen and oxygen atoms in total. The molecule has 0 saturated heterocycles. The molecule has 1 fully saturated rings. The van der Waals surface area contributed by atoms with E-state index in [-0.39, 0.29) is 17.3 Å². The van der Waals surface area contributed by atoms with E-state index in [9.17, 15) is 9.18 Å². The molecular weight excluding hydrogens is 203 g/mol. The van der Waals surface area contributed by atoms with Crippen molar-refractivity contribution in [2.24, 2.45) is 5.92 Å². The Morgan fingerprint density at radius 1 is 1.50 bits per heavy atom. The third-order valence-corrected chi connectivity index (χ3v) is 2.94. The summed E-state index contributed by atoms with van der Waals surface area (Å²) in [4.78, 5) is 11.6. The lowest BCUT2D eigenvalue weighted by Crippen LogP contribution is -2.05. The van der Waals surface area contributed by atoms with Gasteiger partial charge in [0.2, 0.25) is 0 Å². The number of rotatable bonds is 2. The lowest BCUT2D eigenvalue weighted by atomic mass is 10.0. The molecule has 0 amide bonds. The van der Waals surface area contributed by atoms with Gasteiger partial charge in [0.25, 0.3) is 0 Å². The molecule has 0 spiro atoms. The minimum Gasteiger partial charge on any atom is -0.294 e. The molecule has 14 heavy (non-hydrogen) atoms. The molecule has 1 aliphatic rings. The Balaban J connectivity index is 2.43. The van der Waals surface area contributed by atoms with Gasteiger partial charge in [0, 0.05) is 16.5 Å². The van der Waals surface area contributed by atoms with Gasteiger partial charge in [-0.05, 0) is 31.9 Å². The molecular formula is C11H10ClFO. The van der Waals surface area contributed by atoms with Gasteiger partial charge in [-0.2, -0.15) is 0 Å². The highest BCUT2D eigenvalue weighted by Gasteiger charge is 2.32. The van der Waals surface area contributed by atoms with E-state index in [4.69, 9.17) is 11.6 Å². The van der Waals surface area contributed by atoms with Crippen LogP contribution in [0.4, 0.5) is 4.39 Å². The normalized spacial score (nSPS) is 15.6. The second-order valence-corrected chi connectivity index (χ2v) is 4.08. The summed E-state index contributed by atoms with van der Waals surface area (Å²) in [6.45, 7) is 1.58. The Bertz CT molecular complexity index is 397. The largest absolute Gasteiger partial charge is 0.294 e. The van der Waals surface area contributed by atoms with Gasteiger partial charge in [0.1, 0.15) is 5.82 Å². The molecule has 1 saturated carbocycles. The maximum Gasteiger partial charge on any atom is 0.168 e. The summed E-state index contributed by atoms with van der Waals surface area (Å²) in [6, 6.07) is 3.06. The van der Waals surface area contributed by atoms with Crippen LogP contribution >= 0.6 is 11.6 Å². The van der Waals surface area contributed by atoms with Gasteiger partial charge in [-0.15, -0.1) is 0 Å². The van der Waals surface area contributed by atoms with Crippen molar-refractivity contribution in [1.82, 2.24) is 0 Å². The first-order valence-electron chi connectivity index (χ1n) is 4.60. The van der Waals surface area contributed by atoms with E-state index in [1.807, 2.05) is 0 Å².